The molecule has 1 spiro atoms. The van der Waals surface area contributed by atoms with Crippen LogP contribution in [0, 0.1) is 5.92 Å². The number of ether oxygens (including phenoxy) is 1. The quantitative estimate of drug-likeness (QED) is 0.791. The molecule has 1 aliphatic carbocycles. The van der Waals surface area contributed by atoms with Gasteiger partial charge in [0.25, 0.3) is 0 Å². The number of likely N-dealkylation sites (tertiary alicyclic amines) is 1. The third-order valence-corrected chi connectivity index (χ3v) is 7.09. The normalized spacial score (nSPS) is 27.1. The van der Waals surface area contributed by atoms with Crippen molar-refractivity contribution in [3.8, 4) is 0 Å². The Morgan fingerprint density at radius 3 is 2.60 bits per heavy atom. The van der Waals surface area contributed by atoms with Gasteiger partial charge in [-0.15, -0.1) is 0 Å². The molecular weight excluding hydrogens is 376 g/mol. The fourth-order valence-electron chi connectivity index (χ4n) is 5.89. The van der Waals surface area contributed by atoms with Crippen LogP contribution >= 0.6 is 0 Å². The molecule has 2 aromatic rings. The number of hydrogen-bond donors (Lipinski definition) is 1. The van der Waals surface area contributed by atoms with E-state index in [2.05, 4.69) is 46.6 Å². The Hall–Kier alpha value is -2.92. The van der Waals surface area contributed by atoms with Crippen LogP contribution in [0.3, 0.4) is 0 Å². The van der Waals surface area contributed by atoms with E-state index in [0.29, 0.717) is 12.0 Å². The van der Waals surface area contributed by atoms with Crippen LogP contribution < -0.4 is 5.32 Å². The molecule has 0 unspecified atom stereocenters. The average molecular weight is 402 g/mol. The molecule has 1 fully saturated rings. The molecule has 5 heteroatoms. The van der Waals surface area contributed by atoms with Crippen LogP contribution in [0.5, 0.6) is 0 Å². The van der Waals surface area contributed by atoms with Gasteiger partial charge in [0.2, 0.25) is 0 Å². The molecule has 154 valence electrons. The van der Waals surface area contributed by atoms with Crippen molar-refractivity contribution in [3.05, 3.63) is 77.0 Å². The molecule has 0 aromatic heterocycles. The van der Waals surface area contributed by atoms with E-state index < -0.39 is 0 Å². The maximum atomic E-state index is 12.9. The summed E-state index contributed by atoms with van der Waals surface area (Å²) in [5.41, 5.74) is 4.63. The van der Waals surface area contributed by atoms with Gasteiger partial charge in [0, 0.05) is 36.4 Å². The van der Waals surface area contributed by atoms with Gasteiger partial charge in [-0.1, -0.05) is 48.5 Å². The fourth-order valence-corrected chi connectivity index (χ4v) is 5.89. The lowest BCUT2D eigenvalue weighted by Gasteiger charge is -2.45. The van der Waals surface area contributed by atoms with E-state index in [1.54, 1.807) is 6.92 Å². The number of ketones is 1. The summed E-state index contributed by atoms with van der Waals surface area (Å²) < 4.78 is 5.13. The van der Waals surface area contributed by atoms with Crippen LogP contribution in [0.1, 0.15) is 30.9 Å². The summed E-state index contributed by atoms with van der Waals surface area (Å²) in [5.74, 6) is -0.456. The number of anilines is 1. The fraction of sp³-hybridized carbons (Fsp3) is 0.360. The highest BCUT2D eigenvalue weighted by molar-refractivity contribution is 5.95. The Labute approximate surface area is 176 Å². The largest absolute Gasteiger partial charge is 0.466 e. The highest BCUT2D eigenvalue weighted by Crippen LogP contribution is 2.59. The Bertz CT molecular complexity index is 1050. The van der Waals surface area contributed by atoms with Crippen LogP contribution in [0.2, 0.25) is 0 Å². The molecule has 1 N–H and O–H groups in total. The smallest absolute Gasteiger partial charge is 0.335 e. The van der Waals surface area contributed by atoms with Crippen molar-refractivity contribution in [1.29, 1.82) is 0 Å². The predicted octanol–water partition coefficient (Wildman–Crippen LogP) is 3.66. The van der Waals surface area contributed by atoms with Gasteiger partial charge in [-0.2, -0.15) is 0 Å². The molecular formula is C25H26N2O3. The number of rotatable bonds is 4. The first-order chi connectivity index (χ1) is 14.6. The van der Waals surface area contributed by atoms with Crippen molar-refractivity contribution >= 4 is 17.4 Å². The van der Waals surface area contributed by atoms with Crippen LogP contribution in [-0.2, 0) is 26.3 Å². The second-order valence-corrected chi connectivity index (χ2v) is 8.56. The number of nitrogens with zero attached hydrogens (tertiary/aromatic N) is 1. The Morgan fingerprint density at radius 1 is 1.13 bits per heavy atom. The van der Waals surface area contributed by atoms with E-state index in [0.717, 1.165) is 30.9 Å². The minimum absolute atomic E-state index is 0.00904. The number of benzene rings is 2. The summed E-state index contributed by atoms with van der Waals surface area (Å²) in [6.45, 7) is 3.32. The zero-order chi connectivity index (χ0) is 20.9. The minimum atomic E-state index is -0.385. The second kappa shape index (κ2) is 7.10. The summed E-state index contributed by atoms with van der Waals surface area (Å²) >= 11 is 0. The van der Waals surface area contributed by atoms with Crippen LogP contribution in [0.15, 0.2) is 65.9 Å². The molecule has 5 rings (SSSR count). The Balaban J connectivity index is 1.68. The maximum Gasteiger partial charge on any atom is 0.335 e. The highest BCUT2D eigenvalue weighted by Gasteiger charge is 2.61. The number of fused-ring (bicyclic) bond motifs is 1. The molecule has 0 radical (unpaired) electrons. The third kappa shape index (κ3) is 2.65. The summed E-state index contributed by atoms with van der Waals surface area (Å²) in [4.78, 5) is 28.1. The van der Waals surface area contributed by atoms with Crippen molar-refractivity contribution in [2.75, 3.05) is 19.0 Å². The van der Waals surface area contributed by atoms with Gasteiger partial charge >= 0.3 is 5.97 Å². The van der Waals surface area contributed by atoms with Gasteiger partial charge < -0.3 is 10.1 Å². The lowest BCUT2D eigenvalue weighted by molar-refractivity contribution is -0.137. The highest BCUT2D eigenvalue weighted by atomic mass is 16.5. The molecule has 0 amide bonds. The number of esters is 1. The van der Waals surface area contributed by atoms with Crippen LogP contribution in [-0.4, -0.2) is 36.3 Å². The van der Waals surface area contributed by atoms with E-state index in [4.69, 9.17) is 4.74 Å². The third-order valence-electron chi connectivity index (χ3n) is 7.09. The first-order valence-electron chi connectivity index (χ1n) is 10.5. The number of methoxy groups -OCH3 is 1. The van der Waals surface area contributed by atoms with E-state index in [-0.39, 0.29) is 29.1 Å². The standard InChI is InChI=1S/C25H26N2O3/c1-16(28)18-14-19(24(29)30-2)22-25(20-10-6-7-11-21(20)26-22)12-13-27(23(18)25)15-17-8-4-3-5-9-17/h3-11,18,23,26H,12-15H2,1-2H3/t18-,23-,25-/m1/s1. The van der Waals surface area contributed by atoms with Gasteiger partial charge in [-0.05, 0) is 37.0 Å². The monoisotopic (exact) mass is 402 g/mol. The maximum absolute atomic E-state index is 12.9. The van der Waals surface area contributed by atoms with Crippen molar-refractivity contribution in [2.45, 2.75) is 37.8 Å². The molecule has 2 aliphatic heterocycles. The number of Topliss-reactive ketones (excluding diaryl/α,β-unsaturated/α-hetero) is 1. The second-order valence-electron chi connectivity index (χ2n) is 8.56. The van der Waals surface area contributed by atoms with E-state index >= 15 is 0 Å². The zero-order valence-corrected chi connectivity index (χ0v) is 17.4. The first kappa shape index (κ1) is 19.1. The molecule has 0 saturated carbocycles. The number of carbonyl (C=O) groups excluding carboxylic acids is 2. The van der Waals surface area contributed by atoms with Crippen molar-refractivity contribution in [2.24, 2.45) is 5.92 Å². The van der Waals surface area contributed by atoms with E-state index in [1.807, 2.05) is 18.2 Å². The summed E-state index contributed by atoms with van der Waals surface area (Å²) in [6.07, 6.45) is 1.28. The number of para-hydroxylation sites is 1. The minimum Gasteiger partial charge on any atom is -0.466 e. The molecule has 1 saturated heterocycles. The van der Waals surface area contributed by atoms with Crippen LogP contribution in [0.25, 0.3) is 0 Å². The molecule has 30 heavy (non-hydrogen) atoms. The molecule has 3 aliphatic rings. The molecule has 3 atom stereocenters. The van der Waals surface area contributed by atoms with Crippen LogP contribution in [0.4, 0.5) is 5.69 Å². The van der Waals surface area contributed by atoms with Gasteiger partial charge in [0.1, 0.15) is 5.78 Å². The predicted molar refractivity (Wildman–Crippen MR) is 115 cm³/mol. The molecule has 2 aromatic carbocycles. The summed E-state index contributed by atoms with van der Waals surface area (Å²) in [7, 11) is 1.41. The van der Waals surface area contributed by atoms with Gasteiger partial charge in [-0.25, -0.2) is 4.79 Å². The summed E-state index contributed by atoms with van der Waals surface area (Å²) in [5, 5.41) is 3.55. The Kier molecular flexibility index (Phi) is 4.51. The van der Waals surface area contributed by atoms with E-state index in [1.165, 1.54) is 18.2 Å². The lowest BCUT2D eigenvalue weighted by Crippen LogP contribution is -2.53. The zero-order valence-electron chi connectivity index (χ0n) is 17.4. The first-order valence-corrected chi connectivity index (χ1v) is 10.5. The topological polar surface area (TPSA) is 58.6 Å². The lowest BCUT2D eigenvalue weighted by atomic mass is 9.62. The molecule has 0 bridgehead atoms. The molecule has 5 nitrogen and oxygen atoms in total. The number of nitrogens with one attached hydrogen (secondary N) is 1. The summed E-state index contributed by atoms with van der Waals surface area (Å²) in [6, 6.07) is 18.7. The van der Waals surface area contributed by atoms with Gasteiger partial charge in [0.05, 0.1) is 18.1 Å². The number of carbonyl (C=O) groups is 2. The van der Waals surface area contributed by atoms with E-state index in [9.17, 15) is 9.59 Å². The number of hydrogen-bond acceptors (Lipinski definition) is 5. The Morgan fingerprint density at radius 2 is 1.87 bits per heavy atom. The van der Waals surface area contributed by atoms with Crippen molar-refractivity contribution < 1.29 is 14.3 Å². The average Bonchev–Trinajstić information content (AvgIpc) is 3.30. The van der Waals surface area contributed by atoms with Crippen molar-refractivity contribution in [1.82, 2.24) is 4.90 Å². The van der Waals surface area contributed by atoms with Gasteiger partial charge in [0.15, 0.2) is 0 Å². The van der Waals surface area contributed by atoms with Crippen molar-refractivity contribution in [3.63, 3.8) is 0 Å². The molecule has 2 heterocycles. The van der Waals surface area contributed by atoms with Gasteiger partial charge in [-0.3, -0.25) is 9.69 Å². The SMILES string of the molecule is COC(=O)C1=C2Nc3ccccc3[C@]23CCN(Cc2ccccc2)[C@@H]3[C@@H](C(C)=O)C1.